The Labute approximate surface area is 263 Å². The van der Waals surface area contributed by atoms with E-state index in [1.165, 1.54) is 0 Å². The van der Waals surface area contributed by atoms with E-state index in [9.17, 15) is 10.2 Å². The number of benzene rings is 4. The van der Waals surface area contributed by atoms with Gasteiger partial charge in [0.2, 0.25) is 0 Å². The molecule has 0 radical (unpaired) electrons. The van der Waals surface area contributed by atoms with Crippen molar-refractivity contribution < 1.29 is 10.2 Å². The van der Waals surface area contributed by atoms with Crippen molar-refractivity contribution in [2.45, 2.75) is 90.1 Å². The van der Waals surface area contributed by atoms with Crippen molar-refractivity contribution in [1.82, 2.24) is 0 Å². The van der Waals surface area contributed by atoms with Crippen molar-refractivity contribution >= 4 is 12.4 Å². The maximum atomic E-state index is 11.4. The van der Waals surface area contributed by atoms with E-state index in [4.69, 9.17) is 9.98 Å². The second-order valence-electron chi connectivity index (χ2n) is 13.5. The summed E-state index contributed by atoms with van der Waals surface area (Å²) < 4.78 is 0. The molecule has 1 aliphatic carbocycles. The van der Waals surface area contributed by atoms with E-state index >= 15 is 0 Å². The van der Waals surface area contributed by atoms with Crippen LogP contribution in [0.15, 0.2) is 94.9 Å². The minimum atomic E-state index is -0.360. The van der Waals surface area contributed by atoms with Crippen LogP contribution in [0, 0.1) is 13.8 Å². The van der Waals surface area contributed by atoms with Crippen molar-refractivity contribution in [3.8, 4) is 11.5 Å². The second kappa shape index (κ2) is 12.8. The van der Waals surface area contributed by atoms with Gasteiger partial charge in [-0.2, -0.15) is 0 Å². The lowest BCUT2D eigenvalue weighted by molar-refractivity contribution is 0.390. The summed E-state index contributed by atoms with van der Waals surface area (Å²) in [7, 11) is 0. The Hall–Kier alpha value is -4.18. The molecule has 0 aliphatic heterocycles. The summed E-state index contributed by atoms with van der Waals surface area (Å²) in [5, 5.41) is 22.9. The zero-order valence-electron chi connectivity index (χ0n) is 27.0. The third-order valence-corrected chi connectivity index (χ3v) is 9.41. The van der Waals surface area contributed by atoms with Crippen molar-refractivity contribution in [1.29, 1.82) is 0 Å². The molecule has 5 rings (SSSR count). The summed E-state index contributed by atoms with van der Waals surface area (Å²) >= 11 is 0. The zero-order valence-corrected chi connectivity index (χ0v) is 27.0. The third-order valence-electron chi connectivity index (χ3n) is 9.41. The summed E-state index contributed by atoms with van der Waals surface area (Å²) in [5.74, 6) is 0.560. The number of aliphatic imine (C=N–C) groups is 2. The smallest absolute Gasteiger partial charge is 0.128 e. The standard InChI is InChI=1S/C40H46N2O2/c1-27-21-29(37(43)33(23-27)39(3,4)31-15-9-7-10-16-31)25-41-35-19-13-14-20-36(35)42-26-30-22-28(2)24-34(38(30)44)40(5,6)32-17-11-8-12-18-32/h7-12,15-18,21-26,35-36,43-44H,13-14,19-20H2,1-6H3/t35-,36-/m1/s1. The van der Waals surface area contributed by atoms with Gasteiger partial charge in [-0.05, 0) is 61.1 Å². The molecule has 4 nitrogen and oxygen atoms in total. The summed E-state index contributed by atoms with van der Waals surface area (Å²) in [6.07, 6.45) is 7.78. The van der Waals surface area contributed by atoms with E-state index in [0.717, 1.165) is 70.2 Å². The van der Waals surface area contributed by atoms with Gasteiger partial charge in [0.15, 0.2) is 0 Å². The SMILES string of the molecule is Cc1cc(C=N[C@@H]2CCCC[C@H]2N=Cc2cc(C)cc(C(C)(C)c3ccccc3)c2O)c(O)c(C(C)(C)c2ccccc2)c1. The molecule has 4 aromatic rings. The summed E-state index contributed by atoms with van der Waals surface area (Å²) in [5.41, 5.74) is 7.03. The number of nitrogens with zero attached hydrogens (tertiary/aromatic N) is 2. The Morgan fingerprint density at radius 2 is 0.955 bits per heavy atom. The first-order chi connectivity index (χ1) is 21.0. The van der Waals surface area contributed by atoms with Crippen LogP contribution in [0.4, 0.5) is 0 Å². The number of rotatable bonds is 8. The predicted molar refractivity (Wildman–Crippen MR) is 184 cm³/mol. The number of hydrogen-bond acceptors (Lipinski definition) is 4. The third kappa shape index (κ3) is 6.50. The fourth-order valence-corrected chi connectivity index (χ4v) is 6.58. The molecule has 4 heteroatoms. The normalized spacial score (nSPS) is 17.9. The molecule has 228 valence electrons. The van der Waals surface area contributed by atoms with Crippen LogP contribution in [0.5, 0.6) is 11.5 Å². The van der Waals surface area contributed by atoms with Gasteiger partial charge in [0.1, 0.15) is 11.5 Å². The number of phenols is 2. The fraction of sp³-hybridized carbons (Fsp3) is 0.350. The molecule has 2 N–H and O–H groups in total. The highest BCUT2D eigenvalue weighted by Crippen LogP contribution is 2.40. The Morgan fingerprint density at radius 3 is 1.32 bits per heavy atom. The molecule has 0 saturated heterocycles. The fourth-order valence-electron chi connectivity index (χ4n) is 6.58. The number of phenolic OH excluding ortho intramolecular Hbond substituents is 2. The highest BCUT2D eigenvalue weighted by Gasteiger charge is 2.29. The van der Waals surface area contributed by atoms with Crippen LogP contribution in [0.1, 0.15) is 97.9 Å². The molecule has 2 atom stereocenters. The first-order valence-corrected chi connectivity index (χ1v) is 15.8. The molecule has 0 heterocycles. The Kier molecular flexibility index (Phi) is 9.10. The van der Waals surface area contributed by atoms with Gasteiger partial charge < -0.3 is 10.2 Å². The first-order valence-electron chi connectivity index (χ1n) is 15.8. The molecular weight excluding hydrogens is 540 g/mol. The molecule has 1 fully saturated rings. The Balaban J connectivity index is 1.42. The monoisotopic (exact) mass is 586 g/mol. The number of hydrogen-bond donors (Lipinski definition) is 2. The van der Waals surface area contributed by atoms with Crippen LogP contribution in [-0.4, -0.2) is 34.7 Å². The molecule has 0 spiro atoms. The summed E-state index contributed by atoms with van der Waals surface area (Å²) in [6, 6.07) is 28.8. The van der Waals surface area contributed by atoms with Crippen LogP contribution in [0.3, 0.4) is 0 Å². The molecule has 1 saturated carbocycles. The zero-order chi connectivity index (χ0) is 31.5. The van der Waals surface area contributed by atoms with Crippen molar-refractivity contribution in [3.63, 3.8) is 0 Å². The molecule has 0 aromatic heterocycles. The Bertz CT molecular complexity index is 1530. The van der Waals surface area contributed by atoms with Gasteiger partial charge in [0.05, 0.1) is 12.1 Å². The lowest BCUT2D eigenvalue weighted by Gasteiger charge is -2.29. The van der Waals surface area contributed by atoms with E-state index in [2.05, 4.69) is 77.9 Å². The van der Waals surface area contributed by atoms with E-state index in [1.807, 2.05) is 61.0 Å². The molecule has 0 amide bonds. The van der Waals surface area contributed by atoms with Crippen molar-refractivity contribution in [3.05, 3.63) is 129 Å². The minimum Gasteiger partial charge on any atom is -0.507 e. The first kappa shape index (κ1) is 31.3. The molecule has 4 aromatic carbocycles. The number of aryl methyl sites for hydroxylation is 2. The minimum absolute atomic E-state index is 0.0117. The highest BCUT2D eigenvalue weighted by molar-refractivity contribution is 5.86. The molecule has 0 unspecified atom stereocenters. The molecular formula is C40H46N2O2. The van der Waals surface area contributed by atoms with Gasteiger partial charge in [-0.3, -0.25) is 9.98 Å². The van der Waals surface area contributed by atoms with E-state index in [1.54, 1.807) is 0 Å². The van der Waals surface area contributed by atoms with Crippen LogP contribution < -0.4 is 0 Å². The summed E-state index contributed by atoms with van der Waals surface area (Å²) in [6.45, 7) is 12.7. The molecule has 1 aliphatic rings. The van der Waals surface area contributed by atoms with Crippen LogP contribution >= 0.6 is 0 Å². The average Bonchev–Trinajstić information content (AvgIpc) is 3.02. The van der Waals surface area contributed by atoms with Gasteiger partial charge in [0, 0.05) is 45.5 Å². The largest absolute Gasteiger partial charge is 0.507 e. The van der Waals surface area contributed by atoms with E-state index in [0.29, 0.717) is 0 Å². The van der Waals surface area contributed by atoms with Crippen molar-refractivity contribution in [2.24, 2.45) is 9.98 Å². The van der Waals surface area contributed by atoms with Gasteiger partial charge in [-0.1, -0.05) is 113 Å². The van der Waals surface area contributed by atoms with Crippen LogP contribution in [0.25, 0.3) is 0 Å². The number of aromatic hydroxyl groups is 2. The Morgan fingerprint density at radius 1 is 0.591 bits per heavy atom. The maximum absolute atomic E-state index is 11.4. The summed E-state index contributed by atoms with van der Waals surface area (Å²) in [4.78, 5) is 10.0. The van der Waals surface area contributed by atoms with E-state index in [-0.39, 0.29) is 34.4 Å². The van der Waals surface area contributed by atoms with Crippen molar-refractivity contribution in [2.75, 3.05) is 0 Å². The van der Waals surface area contributed by atoms with Crippen LogP contribution in [0.2, 0.25) is 0 Å². The van der Waals surface area contributed by atoms with Gasteiger partial charge in [-0.25, -0.2) is 0 Å². The van der Waals surface area contributed by atoms with Gasteiger partial charge >= 0.3 is 0 Å². The average molecular weight is 587 g/mol. The van der Waals surface area contributed by atoms with Crippen LogP contribution in [-0.2, 0) is 10.8 Å². The van der Waals surface area contributed by atoms with Gasteiger partial charge in [0.25, 0.3) is 0 Å². The van der Waals surface area contributed by atoms with E-state index < -0.39 is 0 Å². The molecule has 0 bridgehead atoms. The van der Waals surface area contributed by atoms with Gasteiger partial charge in [-0.15, -0.1) is 0 Å². The predicted octanol–water partition coefficient (Wildman–Crippen LogP) is 9.22. The second-order valence-corrected chi connectivity index (χ2v) is 13.5. The highest BCUT2D eigenvalue weighted by atomic mass is 16.3. The lowest BCUT2D eigenvalue weighted by Crippen LogP contribution is -2.27. The lowest BCUT2D eigenvalue weighted by atomic mass is 9.76. The quantitative estimate of drug-likeness (QED) is 0.202. The topological polar surface area (TPSA) is 65.2 Å². The molecule has 44 heavy (non-hydrogen) atoms. The maximum Gasteiger partial charge on any atom is 0.128 e.